The standard InChI is InChI=1S/C12H12F3N/c1-7(2)10-5-9(12(13,14)15)4-8(3)11(10)6-16/h4-5,7H,1-3H3. The van der Waals surface area contributed by atoms with Gasteiger partial charge in [0.25, 0.3) is 0 Å². The van der Waals surface area contributed by atoms with E-state index < -0.39 is 11.7 Å². The van der Waals surface area contributed by atoms with E-state index in [0.717, 1.165) is 12.1 Å². The molecule has 0 radical (unpaired) electrons. The van der Waals surface area contributed by atoms with Crippen LogP contribution in [-0.2, 0) is 6.18 Å². The first-order valence-corrected chi connectivity index (χ1v) is 4.89. The number of aryl methyl sites for hydroxylation is 1. The van der Waals surface area contributed by atoms with E-state index in [2.05, 4.69) is 0 Å². The molecule has 0 bridgehead atoms. The van der Waals surface area contributed by atoms with Crippen molar-refractivity contribution in [3.63, 3.8) is 0 Å². The maximum Gasteiger partial charge on any atom is 0.416 e. The van der Waals surface area contributed by atoms with Gasteiger partial charge in [-0.3, -0.25) is 0 Å². The van der Waals surface area contributed by atoms with Crippen LogP contribution in [0.4, 0.5) is 13.2 Å². The minimum absolute atomic E-state index is 0.101. The van der Waals surface area contributed by atoms with E-state index in [1.165, 1.54) is 6.92 Å². The lowest BCUT2D eigenvalue weighted by Crippen LogP contribution is -2.08. The molecule has 1 aromatic carbocycles. The minimum atomic E-state index is -4.36. The molecule has 1 rings (SSSR count). The summed E-state index contributed by atoms with van der Waals surface area (Å²) in [5.74, 6) is -0.101. The van der Waals surface area contributed by atoms with Gasteiger partial charge in [0.2, 0.25) is 0 Å². The normalized spacial score (nSPS) is 11.6. The number of hydrogen-bond donors (Lipinski definition) is 0. The molecule has 4 heteroatoms. The fourth-order valence-corrected chi connectivity index (χ4v) is 1.59. The molecule has 1 aromatic rings. The molecule has 16 heavy (non-hydrogen) atoms. The lowest BCUT2D eigenvalue weighted by Gasteiger charge is -2.14. The van der Waals surface area contributed by atoms with Crippen LogP contribution in [0.15, 0.2) is 12.1 Å². The molecule has 86 valence electrons. The molecule has 0 saturated carbocycles. The molecule has 0 amide bonds. The van der Waals surface area contributed by atoms with Crippen LogP contribution in [0.1, 0.15) is 42.0 Å². The Morgan fingerprint density at radius 2 is 1.81 bits per heavy atom. The Morgan fingerprint density at radius 1 is 1.25 bits per heavy atom. The monoisotopic (exact) mass is 227 g/mol. The quantitative estimate of drug-likeness (QED) is 0.711. The molecule has 0 aliphatic rings. The fraction of sp³-hybridized carbons (Fsp3) is 0.417. The van der Waals surface area contributed by atoms with Crippen molar-refractivity contribution in [3.8, 4) is 6.07 Å². The second kappa shape index (κ2) is 4.17. The Balaban J connectivity index is 3.48. The van der Waals surface area contributed by atoms with E-state index in [1.807, 2.05) is 6.07 Å². The van der Waals surface area contributed by atoms with Gasteiger partial charge in [0.15, 0.2) is 0 Å². The lowest BCUT2D eigenvalue weighted by molar-refractivity contribution is -0.137. The molecule has 0 heterocycles. The van der Waals surface area contributed by atoms with Crippen LogP contribution in [-0.4, -0.2) is 0 Å². The second-order valence-corrected chi connectivity index (χ2v) is 4.02. The maximum absolute atomic E-state index is 12.6. The highest BCUT2D eigenvalue weighted by Gasteiger charge is 2.32. The molecule has 0 N–H and O–H groups in total. The number of alkyl halides is 3. The van der Waals surface area contributed by atoms with Crippen LogP contribution in [0, 0.1) is 18.3 Å². The van der Waals surface area contributed by atoms with Crippen LogP contribution in [0.3, 0.4) is 0 Å². The van der Waals surface area contributed by atoms with E-state index in [9.17, 15) is 13.2 Å². The summed E-state index contributed by atoms with van der Waals surface area (Å²) >= 11 is 0. The third-order valence-electron chi connectivity index (χ3n) is 2.43. The predicted octanol–water partition coefficient (Wildman–Crippen LogP) is 4.01. The number of halogens is 3. The van der Waals surface area contributed by atoms with Crippen molar-refractivity contribution in [1.82, 2.24) is 0 Å². The Bertz CT molecular complexity index is 439. The first kappa shape index (κ1) is 12.6. The van der Waals surface area contributed by atoms with Gasteiger partial charge in [0, 0.05) is 0 Å². The van der Waals surface area contributed by atoms with Crippen LogP contribution in [0.5, 0.6) is 0 Å². The van der Waals surface area contributed by atoms with E-state index in [1.54, 1.807) is 13.8 Å². The summed E-state index contributed by atoms with van der Waals surface area (Å²) in [5.41, 5.74) is 0.492. The molecule has 0 saturated heterocycles. The van der Waals surface area contributed by atoms with Gasteiger partial charge in [-0.2, -0.15) is 18.4 Å². The van der Waals surface area contributed by atoms with Crippen LogP contribution >= 0.6 is 0 Å². The van der Waals surface area contributed by atoms with Crippen molar-refractivity contribution < 1.29 is 13.2 Å². The molecular formula is C12H12F3N. The molecule has 0 aliphatic carbocycles. The number of rotatable bonds is 1. The average Bonchev–Trinajstić information content (AvgIpc) is 2.14. The van der Waals surface area contributed by atoms with Crippen LogP contribution in [0.2, 0.25) is 0 Å². The number of nitrogens with zero attached hydrogens (tertiary/aromatic N) is 1. The topological polar surface area (TPSA) is 23.8 Å². The van der Waals surface area contributed by atoms with Gasteiger partial charge in [-0.05, 0) is 36.1 Å². The Hall–Kier alpha value is -1.50. The first-order valence-electron chi connectivity index (χ1n) is 4.89. The Kier molecular flexibility index (Phi) is 3.27. The highest BCUT2D eigenvalue weighted by atomic mass is 19.4. The van der Waals surface area contributed by atoms with Gasteiger partial charge in [0.05, 0.1) is 17.2 Å². The highest BCUT2D eigenvalue weighted by molar-refractivity contribution is 5.48. The molecular weight excluding hydrogens is 215 g/mol. The largest absolute Gasteiger partial charge is 0.416 e. The van der Waals surface area contributed by atoms with E-state index in [-0.39, 0.29) is 5.92 Å². The van der Waals surface area contributed by atoms with Gasteiger partial charge < -0.3 is 0 Å². The average molecular weight is 227 g/mol. The molecule has 0 aliphatic heterocycles. The number of nitriles is 1. The molecule has 1 nitrogen and oxygen atoms in total. The summed E-state index contributed by atoms with van der Waals surface area (Å²) in [4.78, 5) is 0. The van der Waals surface area contributed by atoms with Gasteiger partial charge >= 0.3 is 6.18 Å². The zero-order chi connectivity index (χ0) is 12.5. The van der Waals surface area contributed by atoms with E-state index in [4.69, 9.17) is 5.26 Å². The summed E-state index contributed by atoms with van der Waals surface area (Å²) < 4.78 is 37.7. The van der Waals surface area contributed by atoms with Gasteiger partial charge in [0.1, 0.15) is 0 Å². The van der Waals surface area contributed by atoms with Crippen molar-refractivity contribution in [2.24, 2.45) is 0 Å². The number of benzene rings is 1. The van der Waals surface area contributed by atoms with Crippen LogP contribution in [0.25, 0.3) is 0 Å². The number of hydrogen-bond acceptors (Lipinski definition) is 1. The van der Waals surface area contributed by atoms with E-state index >= 15 is 0 Å². The predicted molar refractivity (Wildman–Crippen MR) is 55.0 cm³/mol. The zero-order valence-electron chi connectivity index (χ0n) is 9.31. The zero-order valence-corrected chi connectivity index (χ0v) is 9.31. The fourth-order valence-electron chi connectivity index (χ4n) is 1.59. The summed E-state index contributed by atoms with van der Waals surface area (Å²) in [5, 5.41) is 8.91. The highest BCUT2D eigenvalue weighted by Crippen LogP contribution is 2.34. The smallest absolute Gasteiger partial charge is 0.192 e. The summed E-state index contributed by atoms with van der Waals surface area (Å²) in [6.07, 6.45) is -4.36. The first-order chi connectivity index (χ1) is 7.27. The molecule has 0 aromatic heterocycles. The minimum Gasteiger partial charge on any atom is -0.192 e. The summed E-state index contributed by atoms with van der Waals surface area (Å²) in [6, 6.07) is 4.04. The molecule has 0 atom stereocenters. The van der Waals surface area contributed by atoms with Crippen molar-refractivity contribution in [1.29, 1.82) is 5.26 Å². The van der Waals surface area contributed by atoms with Crippen molar-refractivity contribution >= 4 is 0 Å². The summed E-state index contributed by atoms with van der Waals surface area (Å²) in [7, 11) is 0. The van der Waals surface area contributed by atoms with Crippen LogP contribution < -0.4 is 0 Å². The van der Waals surface area contributed by atoms with Crippen molar-refractivity contribution in [2.75, 3.05) is 0 Å². The second-order valence-electron chi connectivity index (χ2n) is 4.02. The maximum atomic E-state index is 12.6. The lowest BCUT2D eigenvalue weighted by atomic mass is 9.92. The molecule has 0 fully saturated rings. The molecule has 0 spiro atoms. The third kappa shape index (κ3) is 2.35. The van der Waals surface area contributed by atoms with E-state index in [0.29, 0.717) is 16.7 Å². The third-order valence-corrected chi connectivity index (χ3v) is 2.43. The van der Waals surface area contributed by atoms with Gasteiger partial charge in [-0.1, -0.05) is 13.8 Å². The van der Waals surface area contributed by atoms with Crippen molar-refractivity contribution in [3.05, 3.63) is 34.4 Å². The van der Waals surface area contributed by atoms with Gasteiger partial charge in [-0.15, -0.1) is 0 Å². The SMILES string of the molecule is Cc1cc(C(F)(F)F)cc(C(C)C)c1C#N. The Labute approximate surface area is 92.5 Å². The van der Waals surface area contributed by atoms with Crippen molar-refractivity contribution in [2.45, 2.75) is 32.9 Å². The summed E-state index contributed by atoms with van der Waals surface area (Å²) in [6.45, 7) is 5.07. The Morgan fingerprint density at radius 3 is 2.19 bits per heavy atom. The van der Waals surface area contributed by atoms with Gasteiger partial charge in [-0.25, -0.2) is 0 Å². The molecule has 0 unspecified atom stereocenters.